The zero-order valence-corrected chi connectivity index (χ0v) is 13.6. The number of hydrogen-bond donors (Lipinski definition) is 2. The molecule has 3 rings (SSSR count). The second-order valence-electron chi connectivity index (χ2n) is 5.89. The van der Waals surface area contributed by atoms with Gasteiger partial charge in [0, 0.05) is 12.2 Å². The summed E-state index contributed by atoms with van der Waals surface area (Å²) in [6.07, 6.45) is 4.50. The van der Waals surface area contributed by atoms with E-state index in [0.717, 1.165) is 24.9 Å². The number of nitrogens with two attached hydrogens (primary N) is 1. The van der Waals surface area contributed by atoms with Gasteiger partial charge in [0.2, 0.25) is 0 Å². The van der Waals surface area contributed by atoms with Crippen molar-refractivity contribution in [2.45, 2.75) is 26.2 Å². The molecule has 1 aromatic carbocycles. The highest BCUT2D eigenvalue weighted by molar-refractivity contribution is 6.03. The molecule has 124 valence electrons. The van der Waals surface area contributed by atoms with Gasteiger partial charge < -0.3 is 11.1 Å². The van der Waals surface area contributed by atoms with Gasteiger partial charge in [-0.15, -0.1) is 0 Å². The Morgan fingerprint density at radius 2 is 2.04 bits per heavy atom. The van der Waals surface area contributed by atoms with Gasteiger partial charge in [0.05, 0.1) is 23.1 Å². The Kier molecular flexibility index (Phi) is 4.46. The predicted molar refractivity (Wildman–Crippen MR) is 93.2 cm³/mol. The zero-order valence-electron chi connectivity index (χ0n) is 13.6. The molecule has 0 atom stereocenters. The maximum absolute atomic E-state index is 12.7. The molecule has 6 nitrogen and oxygen atoms in total. The summed E-state index contributed by atoms with van der Waals surface area (Å²) in [4.78, 5) is 30.0. The number of fused-ring (bicyclic) bond motifs is 1. The molecule has 1 aliphatic rings. The molecule has 0 saturated heterocycles. The maximum atomic E-state index is 12.7. The number of pyridine rings is 1. The first-order valence-electron chi connectivity index (χ1n) is 7.99. The summed E-state index contributed by atoms with van der Waals surface area (Å²) in [6, 6.07) is 9.27. The van der Waals surface area contributed by atoms with Gasteiger partial charge in [-0.3, -0.25) is 14.7 Å². The molecule has 3 N–H and O–H groups in total. The normalized spacial score (nSPS) is 13.8. The highest BCUT2D eigenvalue weighted by Gasteiger charge is 2.21. The first-order valence-corrected chi connectivity index (χ1v) is 7.99. The number of anilines is 2. The van der Waals surface area contributed by atoms with Crippen LogP contribution in [0.25, 0.3) is 0 Å². The lowest BCUT2D eigenvalue weighted by molar-refractivity contribution is 0.0999. The second kappa shape index (κ2) is 6.70. The number of primary amides is 1. The molecule has 0 fully saturated rings. The fourth-order valence-corrected chi connectivity index (χ4v) is 2.94. The lowest BCUT2D eigenvalue weighted by Gasteiger charge is -2.23. The van der Waals surface area contributed by atoms with Gasteiger partial charge >= 0.3 is 6.03 Å². The molecular weight excluding hydrogens is 304 g/mol. The van der Waals surface area contributed by atoms with Gasteiger partial charge in [-0.2, -0.15) is 0 Å². The van der Waals surface area contributed by atoms with Crippen LogP contribution in [0.1, 0.15) is 34.5 Å². The third-order valence-corrected chi connectivity index (χ3v) is 4.21. The molecule has 0 radical (unpaired) electrons. The Morgan fingerprint density at radius 3 is 2.83 bits per heavy atom. The molecule has 0 unspecified atom stereocenters. The van der Waals surface area contributed by atoms with Crippen molar-refractivity contribution in [1.82, 2.24) is 4.98 Å². The Labute approximate surface area is 140 Å². The Hall–Kier alpha value is -2.89. The Bertz CT molecular complexity index is 788. The number of rotatable bonds is 2. The van der Waals surface area contributed by atoms with Crippen molar-refractivity contribution >= 4 is 23.3 Å². The second-order valence-corrected chi connectivity index (χ2v) is 5.89. The monoisotopic (exact) mass is 324 g/mol. The minimum atomic E-state index is -0.559. The number of aromatic nitrogens is 1. The zero-order chi connectivity index (χ0) is 17.1. The molecule has 3 amide bonds. The van der Waals surface area contributed by atoms with Crippen LogP contribution in [0.4, 0.5) is 16.2 Å². The number of benzene rings is 1. The third kappa shape index (κ3) is 3.22. The van der Waals surface area contributed by atoms with Crippen LogP contribution >= 0.6 is 0 Å². The van der Waals surface area contributed by atoms with E-state index in [1.54, 1.807) is 17.9 Å². The summed E-state index contributed by atoms with van der Waals surface area (Å²) in [5, 5.41) is 2.82. The molecule has 6 heteroatoms. The highest BCUT2D eigenvalue weighted by atomic mass is 16.2. The summed E-state index contributed by atoms with van der Waals surface area (Å²) in [5.41, 5.74) is 8.75. The SMILES string of the molecule is Cc1ncc(NC(=O)N2CCCCc3ccccc32)cc1C(N)=O. The van der Waals surface area contributed by atoms with E-state index in [4.69, 9.17) is 5.73 Å². The fraction of sp³-hybridized carbons (Fsp3) is 0.278. The third-order valence-electron chi connectivity index (χ3n) is 4.21. The van der Waals surface area contributed by atoms with Crippen molar-refractivity contribution in [3.05, 3.63) is 53.3 Å². The Morgan fingerprint density at radius 1 is 1.25 bits per heavy atom. The number of urea groups is 1. The van der Waals surface area contributed by atoms with Crippen LogP contribution in [0, 0.1) is 6.92 Å². The molecule has 1 aliphatic heterocycles. The van der Waals surface area contributed by atoms with E-state index in [1.807, 2.05) is 18.2 Å². The molecule has 2 aromatic rings. The topological polar surface area (TPSA) is 88.3 Å². The van der Waals surface area contributed by atoms with E-state index in [-0.39, 0.29) is 6.03 Å². The number of carbonyl (C=O) groups is 2. The van der Waals surface area contributed by atoms with Crippen molar-refractivity contribution < 1.29 is 9.59 Å². The van der Waals surface area contributed by atoms with E-state index in [9.17, 15) is 9.59 Å². The molecular formula is C18H20N4O2. The Balaban J connectivity index is 1.85. The smallest absolute Gasteiger partial charge is 0.326 e. The minimum Gasteiger partial charge on any atom is -0.366 e. The van der Waals surface area contributed by atoms with Crippen LogP contribution in [-0.2, 0) is 6.42 Å². The largest absolute Gasteiger partial charge is 0.366 e. The highest BCUT2D eigenvalue weighted by Crippen LogP contribution is 2.26. The van der Waals surface area contributed by atoms with Crippen molar-refractivity contribution in [2.75, 3.05) is 16.8 Å². The van der Waals surface area contributed by atoms with E-state index >= 15 is 0 Å². The molecule has 0 aliphatic carbocycles. The average Bonchev–Trinajstić information content (AvgIpc) is 2.78. The molecule has 24 heavy (non-hydrogen) atoms. The van der Waals surface area contributed by atoms with E-state index < -0.39 is 5.91 Å². The molecule has 0 saturated carbocycles. The van der Waals surface area contributed by atoms with Crippen LogP contribution in [0.2, 0.25) is 0 Å². The van der Waals surface area contributed by atoms with Crippen LogP contribution in [0.15, 0.2) is 36.5 Å². The van der Waals surface area contributed by atoms with Gasteiger partial charge in [0.15, 0.2) is 0 Å². The lowest BCUT2D eigenvalue weighted by atomic mass is 10.1. The molecule has 0 bridgehead atoms. The minimum absolute atomic E-state index is 0.231. The van der Waals surface area contributed by atoms with E-state index in [0.29, 0.717) is 23.5 Å². The van der Waals surface area contributed by atoms with Crippen molar-refractivity contribution in [2.24, 2.45) is 5.73 Å². The van der Waals surface area contributed by atoms with Gasteiger partial charge in [-0.25, -0.2) is 4.79 Å². The molecule has 1 aromatic heterocycles. The standard InChI is InChI=1S/C18H20N4O2/c1-12-15(17(19)23)10-14(11-20-12)21-18(24)22-9-5-4-7-13-6-2-3-8-16(13)22/h2-3,6,8,10-11H,4-5,7,9H2,1H3,(H2,19,23)(H,21,24). The predicted octanol–water partition coefficient (Wildman–Crippen LogP) is 2.86. The van der Waals surface area contributed by atoms with Crippen molar-refractivity contribution in [3.63, 3.8) is 0 Å². The van der Waals surface area contributed by atoms with Crippen molar-refractivity contribution in [3.8, 4) is 0 Å². The van der Waals surface area contributed by atoms with Crippen LogP contribution in [-0.4, -0.2) is 23.5 Å². The van der Waals surface area contributed by atoms with Gasteiger partial charge in [-0.05, 0) is 43.9 Å². The summed E-state index contributed by atoms with van der Waals surface area (Å²) in [7, 11) is 0. The van der Waals surface area contributed by atoms with Crippen LogP contribution < -0.4 is 16.0 Å². The van der Waals surface area contributed by atoms with Gasteiger partial charge in [0.1, 0.15) is 0 Å². The summed E-state index contributed by atoms with van der Waals surface area (Å²) in [5.74, 6) is -0.559. The van der Waals surface area contributed by atoms with Crippen LogP contribution in [0.3, 0.4) is 0 Å². The van der Waals surface area contributed by atoms with E-state index in [2.05, 4.69) is 16.4 Å². The molecule has 0 spiro atoms. The number of carbonyl (C=O) groups excluding carboxylic acids is 2. The number of nitrogens with zero attached hydrogens (tertiary/aromatic N) is 2. The lowest BCUT2D eigenvalue weighted by Crippen LogP contribution is -2.35. The maximum Gasteiger partial charge on any atom is 0.326 e. The number of aryl methyl sites for hydroxylation is 2. The summed E-state index contributed by atoms with van der Waals surface area (Å²) < 4.78 is 0. The number of nitrogens with one attached hydrogen (secondary N) is 1. The fourth-order valence-electron chi connectivity index (χ4n) is 2.94. The number of para-hydroxylation sites is 1. The first-order chi connectivity index (χ1) is 11.6. The number of hydrogen-bond acceptors (Lipinski definition) is 3. The summed E-state index contributed by atoms with van der Waals surface area (Å²) >= 11 is 0. The number of amides is 3. The van der Waals surface area contributed by atoms with Gasteiger partial charge in [0.25, 0.3) is 5.91 Å². The van der Waals surface area contributed by atoms with Crippen LogP contribution in [0.5, 0.6) is 0 Å². The van der Waals surface area contributed by atoms with E-state index in [1.165, 1.54) is 11.8 Å². The summed E-state index contributed by atoms with van der Waals surface area (Å²) in [6.45, 7) is 2.36. The molecule has 2 heterocycles. The quantitative estimate of drug-likeness (QED) is 0.890. The first kappa shape index (κ1) is 16.0. The average molecular weight is 324 g/mol. The van der Waals surface area contributed by atoms with Gasteiger partial charge in [-0.1, -0.05) is 18.2 Å². The van der Waals surface area contributed by atoms with Crippen molar-refractivity contribution in [1.29, 1.82) is 0 Å².